The van der Waals surface area contributed by atoms with Gasteiger partial charge < -0.3 is 10.1 Å². The zero-order chi connectivity index (χ0) is 15.3. The summed E-state index contributed by atoms with van der Waals surface area (Å²) in [4.78, 5) is 0. The van der Waals surface area contributed by atoms with Gasteiger partial charge in [-0.05, 0) is 30.5 Å². The molecular formula is C20H25NO. The Labute approximate surface area is 133 Å². The Morgan fingerprint density at radius 2 is 1.73 bits per heavy atom. The third-order valence-electron chi connectivity index (χ3n) is 4.58. The van der Waals surface area contributed by atoms with Crippen LogP contribution in [0.2, 0.25) is 0 Å². The molecule has 0 aliphatic heterocycles. The highest BCUT2D eigenvalue weighted by atomic mass is 16.5. The van der Waals surface area contributed by atoms with E-state index in [4.69, 9.17) is 4.74 Å². The number of nitrogens with one attached hydrogen (secondary N) is 1. The molecule has 0 saturated heterocycles. The molecule has 2 aromatic carbocycles. The standard InChI is InChI=1S/C20H25NO/c1-20(18-11-6-3-7-12-18)15-19(20)22-14-8-13-21-16-17-9-4-2-5-10-17/h2-7,9-12,19,21H,8,13-16H2,1H3/t19?,20-/m1/s1. The van der Waals surface area contributed by atoms with Crippen LogP contribution in [-0.4, -0.2) is 19.3 Å². The summed E-state index contributed by atoms with van der Waals surface area (Å²) in [6, 6.07) is 21.2. The summed E-state index contributed by atoms with van der Waals surface area (Å²) in [5, 5.41) is 3.47. The molecule has 0 radical (unpaired) electrons. The first-order valence-corrected chi connectivity index (χ1v) is 8.21. The normalized spacial score (nSPS) is 23.4. The minimum absolute atomic E-state index is 0.235. The maximum Gasteiger partial charge on any atom is 0.0679 e. The third-order valence-corrected chi connectivity index (χ3v) is 4.58. The van der Waals surface area contributed by atoms with Crippen LogP contribution in [0.4, 0.5) is 0 Å². The molecule has 2 aromatic rings. The van der Waals surface area contributed by atoms with Crippen LogP contribution in [0, 0.1) is 0 Å². The predicted octanol–water partition coefficient (Wildman–Crippen LogP) is 3.91. The first-order chi connectivity index (χ1) is 10.8. The minimum atomic E-state index is 0.235. The Morgan fingerprint density at radius 1 is 1.05 bits per heavy atom. The smallest absolute Gasteiger partial charge is 0.0679 e. The lowest BCUT2D eigenvalue weighted by atomic mass is 9.98. The lowest BCUT2D eigenvalue weighted by Crippen LogP contribution is -2.17. The van der Waals surface area contributed by atoms with Crippen molar-refractivity contribution >= 4 is 0 Å². The average Bonchev–Trinajstić information content (AvgIpc) is 3.24. The second kappa shape index (κ2) is 7.08. The zero-order valence-electron chi connectivity index (χ0n) is 13.3. The summed E-state index contributed by atoms with van der Waals surface area (Å²) >= 11 is 0. The predicted molar refractivity (Wildman–Crippen MR) is 90.9 cm³/mol. The zero-order valence-corrected chi connectivity index (χ0v) is 13.3. The van der Waals surface area contributed by atoms with Crippen LogP contribution in [0.25, 0.3) is 0 Å². The van der Waals surface area contributed by atoms with Gasteiger partial charge in [0.25, 0.3) is 0 Å². The van der Waals surface area contributed by atoms with E-state index in [1.165, 1.54) is 11.1 Å². The first-order valence-electron chi connectivity index (χ1n) is 8.21. The van der Waals surface area contributed by atoms with Crippen molar-refractivity contribution < 1.29 is 4.74 Å². The van der Waals surface area contributed by atoms with Crippen molar-refractivity contribution in [3.63, 3.8) is 0 Å². The van der Waals surface area contributed by atoms with E-state index in [0.29, 0.717) is 6.10 Å². The molecule has 1 aliphatic carbocycles. The number of hydrogen-bond acceptors (Lipinski definition) is 2. The van der Waals surface area contributed by atoms with Gasteiger partial charge in [0, 0.05) is 18.6 Å². The van der Waals surface area contributed by atoms with Crippen molar-refractivity contribution in [2.75, 3.05) is 13.2 Å². The molecule has 1 unspecified atom stereocenters. The highest BCUT2D eigenvalue weighted by molar-refractivity contribution is 5.33. The van der Waals surface area contributed by atoms with Crippen LogP contribution >= 0.6 is 0 Å². The Balaban J connectivity index is 1.30. The average molecular weight is 295 g/mol. The molecule has 1 fully saturated rings. The SMILES string of the molecule is C[C@]1(c2ccccc2)CC1OCCCNCc1ccccc1. The summed E-state index contributed by atoms with van der Waals surface area (Å²) in [5.41, 5.74) is 2.98. The third kappa shape index (κ3) is 3.76. The fraction of sp³-hybridized carbons (Fsp3) is 0.400. The highest BCUT2D eigenvalue weighted by Gasteiger charge is 2.52. The van der Waals surface area contributed by atoms with Gasteiger partial charge >= 0.3 is 0 Å². The van der Waals surface area contributed by atoms with E-state index in [1.807, 2.05) is 0 Å². The van der Waals surface area contributed by atoms with E-state index in [2.05, 4.69) is 72.9 Å². The minimum Gasteiger partial charge on any atom is -0.377 e. The van der Waals surface area contributed by atoms with Gasteiger partial charge in [-0.15, -0.1) is 0 Å². The molecule has 1 N–H and O–H groups in total. The lowest BCUT2D eigenvalue weighted by Gasteiger charge is -2.12. The molecule has 22 heavy (non-hydrogen) atoms. The molecule has 0 bridgehead atoms. The Kier molecular flexibility index (Phi) is 4.91. The summed E-state index contributed by atoms with van der Waals surface area (Å²) in [7, 11) is 0. The van der Waals surface area contributed by atoms with Gasteiger partial charge in [0.15, 0.2) is 0 Å². The molecule has 116 valence electrons. The van der Waals surface area contributed by atoms with Gasteiger partial charge in [-0.3, -0.25) is 0 Å². The van der Waals surface area contributed by atoms with Crippen LogP contribution in [0.1, 0.15) is 30.9 Å². The van der Waals surface area contributed by atoms with Crippen molar-refractivity contribution in [2.45, 2.75) is 37.8 Å². The second-order valence-corrected chi connectivity index (χ2v) is 6.36. The van der Waals surface area contributed by atoms with Crippen molar-refractivity contribution in [1.29, 1.82) is 0 Å². The van der Waals surface area contributed by atoms with Crippen LogP contribution in [-0.2, 0) is 16.7 Å². The molecular weight excluding hydrogens is 270 g/mol. The summed E-state index contributed by atoms with van der Waals surface area (Å²) in [5.74, 6) is 0. The second-order valence-electron chi connectivity index (χ2n) is 6.36. The van der Waals surface area contributed by atoms with E-state index in [-0.39, 0.29) is 5.41 Å². The van der Waals surface area contributed by atoms with Crippen LogP contribution in [0.15, 0.2) is 60.7 Å². The number of rotatable bonds is 8. The van der Waals surface area contributed by atoms with Gasteiger partial charge in [-0.1, -0.05) is 67.6 Å². The molecule has 0 amide bonds. The highest BCUT2D eigenvalue weighted by Crippen LogP contribution is 2.49. The molecule has 1 saturated carbocycles. The van der Waals surface area contributed by atoms with E-state index >= 15 is 0 Å². The number of hydrogen-bond donors (Lipinski definition) is 1. The van der Waals surface area contributed by atoms with E-state index in [1.54, 1.807) is 0 Å². The van der Waals surface area contributed by atoms with E-state index in [9.17, 15) is 0 Å². The Morgan fingerprint density at radius 3 is 2.45 bits per heavy atom. The van der Waals surface area contributed by atoms with Crippen molar-refractivity contribution in [3.05, 3.63) is 71.8 Å². The van der Waals surface area contributed by atoms with Crippen LogP contribution in [0.5, 0.6) is 0 Å². The Bertz CT molecular complexity index is 569. The largest absolute Gasteiger partial charge is 0.377 e. The molecule has 2 atom stereocenters. The van der Waals surface area contributed by atoms with Gasteiger partial charge in [-0.2, -0.15) is 0 Å². The molecule has 3 rings (SSSR count). The molecule has 2 nitrogen and oxygen atoms in total. The van der Waals surface area contributed by atoms with E-state index in [0.717, 1.165) is 32.5 Å². The fourth-order valence-corrected chi connectivity index (χ4v) is 2.94. The lowest BCUT2D eigenvalue weighted by molar-refractivity contribution is 0.103. The van der Waals surface area contributed by atoms with Crippen molar-refractivity contribution in [3.8, 4) is 0 Å². The van der Waals surface area contributed by atoms with Crippen LogP contribution in [0.3, 0.4) is 0 Å². The van der Waals surface area contributed by atoms with Crippen molar-refractivity contribution in [1.82, 2.24) is 5.32 Å². The van der Waals surface area contributed by atoms with Gasteiger partial charge in [0.2, 0.25) is 0 Å². The summed E-state index contributed by atoms with van der Waals surface area (Å²) < 4.78 is 6.04. The molecule has 0 heterocycles. The van der Waals surface area contributed by atoms with Crippen LogP contribution < -0.4 is 5.32 Å². The quantitative estimate of drug-likeness (QED) is 0.745. The summed E-state index contributed by atoms with van der Waals surface area (Å²) in [6.07, 6.45) is 2.60. The Hall–Kier alpha value is -1.64. The monoisotopic (exact) mass is 295 g/mol. The van der Waals surface area contributed by atoms with Gasteiger partial charge in [-0.25, -0.2) is 0 Å². The maximum absolute atomic E-state index is 6.04. The van der Waals surface area contributed by atoms with Crippen molar-refractivity contribution in [2.24, 2.45) is 0 Å². The van der Waals surface area contributed by atoms with Gasteiger partial charge in [0.05, 0.1) is 6.10 Å². The molecule has 1 aliphatic rings. The number of benzene rings is 2. The number of ether oxygens (including phenoxy) is 1. The van der Waals surface area contributed by atoms with E-state index < -0.39 is 0 Å². The fourth-order valence-electron chi connectivity index (χ4n) is 2.94. The molecule has 0 spiro atoms. The topological polar surface area (TPSA) is 21.3 Å². The van der Waals surface area contributed by atoms with Gasteiger partial charge in [0.1, 0.15) is 0 Å². The first kappa shape index (κ1) is 15.3. The summed E-state index contributed by atoms with van der Waals surface area (Å²) in [6.45, 7) is 5.09. The molecule has 0 aromatic heterocycles. The maximum atomic E-state index is 6.04. The molecule has 2 heteroatoms.